The van der Waals surface area contributed by atoms with Crippen LogP contribution < -0.4 is 5.73 Å². The molecular formula is C14H12Cl2N4O5. The summed E-state index contributed by atoms with van der Waals surface area (Å²) in [6.07, 6.45) is -0.0157. The summed E-state index contributed by atoms with van der Waals surface area (Å²) in [6.45, 7) is -0.165. The predicted octanol–water partition coefficient (Wildman–Crippen LogP) is 2.29. The summed E-state index contributed by atoms with van der Waals surface area (Å²) in [5.41, 5.74) is 5.48. The van der Waals surface area contributed by atoms with Gasteiger partial charge in [0, 0.05) is 6.42 Å². The number of amides is 1. The normalized spacial score (nSPS) is 10.7. The molecule has 0 aliphatic heterocycles. The van der Waals surface area contributed by atoms with Gasteiger partial charge in [-0.05, 0) is 16.6 Å². The lowest BCUT2D eigenvalue weighted by atomic mass is 10.1. The highest BCUT2D eigenvalue weighted by Crippen LogP contribution is 2.28. The lowest BCUT2D eigenvalue weighted by molar-refractivity contribution is -0.389. The van der Waals surface area contributed by atoms with Crippen LogP contribution in [0.2, 0.25) is 0 Å². The van der Waals surface area contributed by atoms with Crippen LogP contribution in [-0.4, -0.2) is 33.6 Å². The second-order valence-electron chi connectivity index (χ2n) is 4.80. The van der Waals surface area contributed by atoms with Gasteiger partial charge in [0.25, 0.3) is 5.91 Å². The van der Waals surface area contributed by atoms with E-state index in [1.54, 1.807) is 18.2 Å². The highest BCUT2D eigenvalue weighted by molar-refractivity contribution is 6.44. The Labute approximate surface area is 151 Å². The molecule has 1 aromatic carbocycles. The number of H-pyrrole nitrogens is 1. The molecule has 0 unspecified atom stereocenters. The lowest BCUT2D eigenvalue weighted by Gasteiger charge is -2.09. The van der Waals surface area contributed by atoms with Gasteiger partial charge in [0.15, 0.2) is 5.56 Å². The fourth-order valence-electron chi connectivity index (χ4n) is 2.14. The zero-order chi connectivity index (χ0) is 18.6. The van der Waals surface area contributed by atoms with E-state index >= 15 is 0 Å². The minimum atomic E-state index is -1.00. The number of aromatic amines is 1. The molecule has 1 heterocycles. The SMILES string of the molecule is NC(=O)c1c([N+](=O)[O-])n[nH]c1CCOC(=O)c1ccccc1C(Cl)Cl. The molecule has 132 valence electrons. The Balaban J connectivity index is 2.08. The first-order valence-electron chi connectivity index (χ1n) is 6.88. The summed E-state index contributed by atoms with van der Waals surface area (Å²) < 4.78 is 5.10. The Kier molecular flexibility index (Phi) is 5.94. The molecule has 0 saturated carbocycles. The molecule has 3 N–H and O–H groups in total. The van der Waals surface area contributed by atoms with Crippen molar-refractivity contribution in [3.8, 4) is 0 Å². The molecule has 1 amide bonds. The first kappa shape index (κ1) is 18.7. The van der Waals surface area contributed by atoms with E-state index in [1.165, 1.54) is 6.07 Å². The molecule has 9 nitrogen and oxygen atoms in total. The molecule has 11 heteroatoms. The minimum absolute atomic E-state index is 0.0157. The quantitative estimate of drug-likeness (QED) is 0.323. The molecule has 0 radical (unpaired) electrons. The van der Waals surface area contributed by atoms with Gasteiger partial charge in [-0.1, -0.05) is 18.2 Å². The summed E-state index contributed by atoms with van der Waals surface area (Å²) in [6, 6.07) is 6.39. The molecule has 0 fully saturated rings. The third kappa shape index (κ3) is 4.25. The number of nitrogens with zero attached hydrogens (tertiary/aromatic N) is 2. The summed E-state index contributed by atoms with van der Waals surface area (Å²) in [4.78, 5) is 32.6. The number of halogens is 2. The number of ether oxygens (including phenoxy) is 1. The van der Waals surface area contributed by atoms with E-state index in [0.717, 1.165) is 0 Å². The summed E-state index contributed by atoms with van der Waals surface area (Å²) in [5.74, 6) is -2.35. The number of aromatic nitrogens is 2. The van der Waals surface area contributed by atoms with Gasteiger partial charge >= 0.3 is 11.8 Å². The third-order valence-corrected chi connectivity index (χ3v) is 3.71. The monoisotopic (exact) mass is 386 g/mol. The Morgan fingerprint density at radius 1 is 1.36 bits per heavy atom. The van der Waals surface area contributed by atoms with E-state index in [4.69, 9.17) is 33.7 Å². The fourth-order valence-corrected chi connectivity index (χ4v) is 2.52. The number of hydrogen-bond acceptors (Lipinski definition) is 6. The number of hydrogen-bond donors (Lipinski definition) is 2. The number of nitrogens with one attached hydrogen (secondary N) is 1. The van der Waals surface area contributed by atoms with Crippen molar-refractivity contribution >= 4 is 40.9 Å². The zero-order valence-corrected chi connectivity index (χ0v) is 14.1. The summed E-state index contributed by atoms with van der Waals surface area (Å²) >= 11 is 11.6. The number of primary amides is 1. The second kappa shape index (κ2) is 7.95. The van der Waals surface area contributed by atoms with Crippen molar-refractivity contribution < 1.29 is 19.2 Å². The Morgan fingerprint density at radius 3 is 2.64 bits per heavy atom. The van der Waals surface area contributed by atoms with Crippen LogP contribution in [0.25, 0.3) is 0 Å². The highest BCUT2D eigenvalue weighted by atomic mass is 35.5. The predicted molar refractivity (Wildman–Crippen MR) is 88.6 cm³/mol. The van der Waals surface area contributed by atoms with E-state index in [0.29, 0.717) is 5.56 Å². The maximum Gasteiger partial charge on any atom is 0.402 e. The van der Waals surface area contributed by atoms with Crippen LogP contribution >= 0.6 is 23.2 Å². The van der Waals surface area contributed by atoms with E-state index < -0.39 is 27.5 Å². The molecule has 0 aliphatic rings. The number of carbonyl (C=O) groups excluding carboxylic acids is 2. The first-order chi connectivity index (χ1) is 11.8. The van der Waals surface area contributed by atoms with Crippen LogP contribution in [0.3, 0.4) is 0 Å². The Bertz CT molecular complexity index is 821. The van der Waals surface area contributed by atoms with Gasteiger partial charge in [-0.15, -0.1) is 23.2 Å². The van der Waals surface area contributed by atoms with Crippen LogP contribution in [0.15, 0.2) is 24.3 Å². The smallest absolute Gasteiger partial charge is 0.402 e. The standard InChI is InChI=1S/C14H12Cl2N4O5/c15-11(16)7-3-1-2-4-8(7)14(22)25-6-5-9-10(12(17)21)13(19-18-9)20(23)24/h1-4,11H,5-6H2,(H2,17,21)(H,18,19). The fraction of sp³-hybridized carbons (Fsp3) is 0.214. The average Bonchev–Trinajstić information content (AvgIpc) is 2.99. The molecule has 2 aromatic rings. The molecule has 25 heavy (non-hydrogen) atoms. The van der Waals surface area contributed by atoms with Crippen molar-refractivity contribution in [2.45, 2.75) is 11.3 Å². The maximum absolute atomic E-state index is 12.1. The van der Waals surface area contributed by atoms with Crippen LogP contribution in [0.5, 0.6) is 0 Å². The molecule has 0 atom stereocenters. The van der Waals surface area contributed by atoms with Gasteiger partial charge < -0.3 is 20.6 Å². The number of rotatable bonds is 7. The van der Waals surface area contributed by atoms with Gasteiger partial charge in [-0.25, -0.2) is 4.79 Å². The number of nitrogens with two attached hydrogens (primary N) is 1. The van der Waals surface area contributed by atoms with Crippen molar-refractivity contribution in [1.82, 2.24) is 10.2 Å². The van der Waals surface area contributed by atoms with E-state index in [9.17, 15) is 19.7 Å². The maximum atomic E-state index is 12.1. The van der Waals surface area contributed by atoms with Gasteiger partial charge in [0.1, 0.15) is 4.84 Å². The second-order valence-corrected chi connectivity index (χ2v) is 5.89. The van der Waals surface area contributed by atoms with Crippen LogP contribution in [-0.2, 0) is 11.2 Å². The summed E-state index contributed by atoms with van der Waals surface area (Å²) in [5, 5.41) is 16.6. The van der Waals surface area contributed by atoms with Gasteiger partial charge in [-0.3, -0.25) is 4.79 Å². The first-order valence-corrected chi connectivity index (χ1v) is 7.75. The topological polar surface area (TPSA) is 141 Å². The van der Waals surface area contributed by atoms with Crippen molar-refractivity contribution in [2.24, 2.45) is 5.73 Å². The molecular weight excluding hydrogens is 375 g/mol. The zero-order valence-electron chi connectivity index (χ0n) is 12.6. The van der Waals surface area contributed by atoms with Crippen molar-refractivity contribution in [3.63, 3.8) is 0 Å². The molecule has 0 aliphatic carbocycles. The third-order valence-electron chi connectivity index (χ3n) is 3.24. The van der Waals surface area contributed by atoms with Crippen LogP contribution in [0, 0.1) is 10.1 Å². The van der Waals surface area contributed by atoms with Gasteiger partial charge in [0.05, 0.1) is 23.0 Å². The van der Waals surface area contributed by atoms with Gasteiger partial charge in [0.2, 0.25) is 0 Å². The lowest BCUT2D eigenvalue weighted by Crippen LogP contribution is -2.16. The number of esters is 1. The van der Waals surface area contributed by atoms with E-state index in [-0.39, 0.29) is 29.8 Å². The minimum Gasteiger partial charge on any atom is -0.462 e. The number of alkyl halides is 2. The molecule has 0 spiro atoms. The Hall–Kier alpha value is -2.65. The van der Waals surface area contributed by atoms with Crippen molar-refractivity contribution in [3.05, 3.63) is 56.8 Å². The van der Waals surface area contributed by atoms with Crippen molar-refractivity contribution in [2.75, 3.05) is 6.61 Å². The van der Waals surface area contributed by atoms with Crippen LogP contribution in [0.4, 0.5) is 5.82 Å². The Morgan fingerprint density at radius 2 is 2.04 bits per heavy atom. The van der Waals surface area contributed by atoms with Crippen LogP contribution in [0.1, 0.15) is 36.8 Å². The molecule has 2 rings (SSSR count). The average molecular weight is 387 g/mol. The molecule has 0 saturated heterocycles. The van der Waals surface area contributed by atoms with E-state index in [2.05, 4.69) is 10.2 Å². The molecule has 1 aromatic heterocycles. The molecule has 0 bridgehead atoms. The number of nitro groups is 1. The number of carbonyl (C=O) groups is 2. The highest BCUT2D eigenvalue weighted by Gasteiger charge is 2.27. The van der Waals surface area contributed by atoms with E-state index in [1.807, 2.05) is 0 Å². The largest absolute Gasteiger partial charge is 0.462 e. The number of benzene rings is 1. The van der Waals surface area contributed by atoms with Gasteiger partial charge in [-0.2, -0.15) is 5.10 Å². The summed E-state index contributed by atoms with van der Waals surface area (Å²) in [7, 11) is 0. The van der Waals surface area contributed by atoms with Crippen molar-refractivity contribution in [1.29, 1.82) is 0 Å².